The van der Waals surface area contributed by atoms with Crippen molar-refractivity contribution in [3.8, 4) is 0 Å². The van der Waals surface area contributed by atoms with E-state index in [2.05, 4.69) is 15.2 Å². The lowest BCUT2D eigenvalue weighted by Gasteiger charge is -2.08. The van der Waals surface area contributed by atoms with Gasteiger partial charge in [0, 0.05) is 18.0 Å². The number of H-pyrrole nitrogens is 1. The van der Waals surface area contributed by atoms with Crippen LogP contribution in [0, 0.1) is 0 Å². The fourth-order valence-electron chi connectivity index (χ4n) is 1.68. The Balaban J connectivity index is 2.15. The number of carboxylic acids is 1. The quantitative estimate of drug-likeness (QED) is 0.811. The summed E-state index contributed by atoms with van der Waals surface area (Å²) in [4.78, 5) is 26.2. The highest BCUT2D eigenvalue weighted by Crippen LogP contribution is 2.21. The number of hydrogen-bond acceptors (Lipinski definition) is 5. The molecule has 2 heterocycles. The maximum absolute atomic E-state index is 11.6. The second kappa shape index (κ2) is 5.91. The molecule has 0 unspecified atom stereocenters. The number of rotatable bonds is 5. The summed E-state index contributed by atoms with van der Waals surface area (Å²) in [6.07, 6.45) is 1.46. The smallest absolute Gasteiger partial charge is 0.354 e. The molecule has 0 aliphatic heterocycles. The molecule has 0 saturated carbocycles. The predicted molar refractivity (Wildman–Crippen MR) is 74.0 cm³/mol. The molecule has 7 nitrogen and oxygen atoms in total. The summed E-state index contributed by atoms with van der Waals surface area (Å²) < 4.78 is 1.56. The molecule has 0 bridgehead atoms. The van der Waals surface area contributed by atoms with Crippen LogP contribution in [-0.4, -0.2) is 30.8 Å². The number of nitrogens with zero attached hydrogens (tertiary/aromatic N) is 3. The van der Waals surface area contributed by atoms with Crippen molar-refractivity contribution in [2.75, 3.05) is 0 Å². The maximum atomic E-state index is 11.6. The third kappa shape index (κ3) is 3.08. The van der Waals surface area contributed by atoms with E-state index in [0.29, 0.717) is 10.9 Å². The summed E-state index contributed by atoms with van der Waals surface area (Å²) in [5.74, 6) is -0.546. The lowest BCUT2D eigenvalue weighted by atomic mass is 10.2. The zero-order chi connectivity index (χ0) is 14.7. The van der Waals surface area contributed by atoms with Gasteiger partial charge in [0.1, 0.15) is 5.69 Å². The number of aromatic nitrogens is 4. The van der Waals surface area contributed by atoms with Crippen LogP contribution in [0.25, 0.3) is 0 Å². The fourth-order valence-corrected chi connectivity index (χ4v) is 2.69. The molecule has 8 heteroatoms. The first-order valence-corrected chi connectivity index (χ1v) is 6.95. The summed E-state index contributed by atoms with van der Waals surface area (Å²) in [5, 5.41) is 15.8. The van der Waals surface area contributed by atoms with Crippen molar-refractivity contribution in [1.82, 2.24) is 19.7 Å². The first kappa shape index (κ1) is 14.3. The van der Waals surface area contributed by atoms with Gasteiger partial charge in [-0.2, -0.15) is 0 Å². The van der Waals surface area contributed by atoms with Crippen molar-refractivity contribution in [1.29, 1.82) is 0 Å². The van der Waals surface area contributed by atoms with Crippen LogP contribution >= 0.6 is 11.8 Å². The van der Waals surface area contributed by atoms with Crippen LogP contribution in [0.2, 0.25) is 0 Å². The fraction of sp³-hybridized carbons (Fsp3) is 0.333. The zero-order valence-corrected chi connectivity index (χ0v) is 11.8. The monoisotopic (exact) mass is 294 g/mol. The normalized spacial score (nSPS) is 10.9. The molecule has 2 rings (SSSR count). The number of thioether (sulfide) groups is 1. The van der Waals surface area contributed by atoms with Crippen LogP contribution in [0.3, 0.4) is 0 Å². The van der Waals surface area contributed by atoms with Gasteiger partial charge < -0.3 is 5.11 Å². The van der Waals surface area contributed by atoms with Gasteiger partial charge in [-0.25, -0.2) is 19.7 Å². The van der Waals surface area contributed by atoms with E-state index in [1.807, 2.05) is 13.8 Å². The van der Waals surface area contributed by atoms with Crippen molar-refractivity contribution in [3.05, 3.63) is 40.1 Å². The lowest BCUT2D eigenvalue weighted by Crippen LogP contribution is -2.19. The van der Waals surface area contributed by atoms with E-state index in [9.17, 15) is 9.59 Å². The third-order valence-corrected chi connectivity index (χ3v) is 3.62. The highest BCUT2D eigenvalue weighted by molar-refractivity contribution is 7.98. The molecular formula is C12H14N4O3S. The molecule has 0 atom stereocenters. The standard InChI is InChI=1S/C12H14N4O3S/c1-7(2)16-11(19)14-15-12(16)20-6-8-3-4-13-9(5-8)10(17)18/h3-5,7H,6H2,1-2H3,(H,14,19)(H,17,18). The molecule has 0 amide bonds. The Kier molecular flexibility index (Phi) is 4.23. The largest absolute Gasteiger partial charge is 0.477 e. The molecule has 106 valence electrons. The third-order valence-electron chi connectivity index (χ3n) is 2.60. The zero-order valence-electron chi connectivity index (χ0n) is 11.0. The van der Waals surface area contributed by atoms with Gasteiger partial charge in [-0.1, -0.05) is 11.8 Å². The van der Waals surface area contributed by atoms with Crippen LogP contribution in [0.15, 0.2) is 28.3 Å². The van der Waals surface area contributed by atoms with Crippen LogP contribution in [-0.2, 0) is 5.75 Å². The van der Waals surface area contributed by atoms with Gasteiger partial charge in [-0.3, -0.25) is 4.57 Å². The van der Waals surface area contributed by atoms with Crippen LogP contribution in [0.4, 0.5) is 0 Å². The number of aromatic carboxylic acids is 1. The molecule has 0 aliphatic carbocycles. The van der Waals surface area contributed by atoms with Gasteiger partial charge >= 0.3 is 11.7 Å². The number of pyridine rings is 1. The summed E-state index contributed by atoms with van der Waals surface area (Å²) in [6, 6.07) is 3.26. The summed E-state index contributed by atoms with van der Waals surface area (Å²) in [7, 11) is 0. The number of hydrogen-bond donors (Lipinski definition) is 2. The maximum Gasteiger partial charge on any atom is 0.354 e. The first-order chi connectivity index (χ1) is 9.49. The van der Waals surface area contributed by atoms with Crippen molar-refractivity contribution < 1.29 is 9.90 Å². The average Bonchev–Trinajstić information content (AvgIpc) is 2.78. The minimum atomic E-state index is -1.06. The van der Waals surface area contributed by atoms with Gasteiger partial charge in [-0.15, -0.1) is 5.10 Å². The molecule has 0 aromatic carbocycles. The van der Waals surface area contributed by atoms with Crippen LogP contribution in [0.1, 0.15) is 35.9 Å². The number of carboxylic acid groups (broad SMARTS) is 1. The Morgan fingerprint density at radius 3 is 2.95 bits per heavy atom. The Labute approximate surface area is 119 Å². The van der Waals surface area contributed by atoms with E-state index in [1.165, 1.54) is 24.0 Å². The van der Waals surface area contributed by atoms with E-state index in [-0.39, 0.29) is 17.4 Å². The van der Waals surface area contributed by atoms with Crippen molar-refractivity contribution in [2.24, 2.45) is 0 Å². The lowest BCUT2D eigenvalue weighted by molar-refractivity contribution is 0.0690. The molecule has 0 spiro atoms. The molecular weight excluding hydrogens is 280 g/mol. The summed E-state index contributed by atoms with van der Waals surface area (Å²) in [6.45, 7) is 3.80. The van der Waals surface area contributed by atoms with E-state index >= 15 is 0 Å². The Hall–Kier alpha value is -2.09. The minimum Gasteiger partial charge on any atom is -0.477 e. The van der Waals surface area contributed by atoms with Gasteiger partial charge in [0.2, 0.25) is 0 Å². The molecule has 0 saturated heterocycles. The van der Waals surface area contributed by atoms with E-state index in [4.69, 9.17) is 5.11 Å². The molecule has 0 aliphatic rings. The molecule has 20 heavy (non-hydrogen) atoms. The molecule has 0 fully saturated rings. The molecule has 2 N–H and O–H groups in total. The van der Waals surface area contributed by atoms with Crippen molar-refractivity contribution in [2.45, 2.75) is 30.8 Å². The predicted octanol–water partition coefficient (Wildman–Crippen LogP) is 1.54. The highest BCUT2D eigenvalue weighted by Gasteiger charge is 2.12. The van der Waals surface area contributed by atoms with E-state index < -0.39 is 5.97 Å². The number of aromatic amines is 1. The van der Waals surface area contributed by atoms with Gasteiger partial charge in [0.25, 0.3) is 0 Å². The van der Waals surface area contributed by atoms with Crippen molar-refractivity contribution in [3.63, 3.8) is 0 Å². The molecule has 0 radical (unpaired) electrons. The van der Waals surface area contributed by atoms with Crippen molar-refractivity contribution >= 4 is 17.7 Å². The SMILES string of the molecule is CC(C)n1c(SCc2ccnc(C(=O)O)c2)n[nH]c1=O. The van der Waals surface area contributed by atoms with Crippen LogP contribution < -0.4 is 5.69 Å². The Morgan fingerprint density at radius 1 is 1.55 bits per heavy atom. The summed E-state index contributed by atoms with van der Waals surface area (Å²) in [5.41, 5.74) is 0.572. The Bertz CT molecular complexity index is 677. The van der Waals surface area contributed by atoms with Gasteiger partial charge in [0.05, 0.1) is 0 Å². The minimum absolute atomic E-state index is 0.00591. The van der Waals surface area contributed by atoms with E-state index in [1.54, 1.807) is 10.6 Å². The van der Waals surface area contributed by atoms with Crippen LogP contribution in [0.5, 0.6) is 0 Å². The summed E-state index contributed by atoms with van der Waals surface area (Å²) >= 11 is 1.37. The second-order valence-corrected chi connectivity index (χ2v) is 5.36. The Morgan fingerprint density at radius 2 is 2.30 bits per heavy atom. The highest BCUT2D eigenvalue weighted by atomic mass is 32.2. The number of nitrogens with one attached hydrogen (secondary N) is 1. The first-order valence-electron chi connectivity index (χ1n) is 5.97. The average molecular weight is 294 g/mol. The second-order valence-electron chi connectivity index (χ2n) is 4.42. The molecule has 2 aromatic heterocycles. The molecule has 2 aromatic rings. The topological polar surface area (TPSA) is 101 Å². The van der Waals surface area contributed by atoms with Gasteiger partial charge in [0.15, 0.2) is 5.16 Å². The number of carbonyl (C=O) groups is 1. The van der Waals surface area contributed by atoms with Gasteiger partial charge in [-0.05, 0) is 31.5 Å². The van der Waals surface area contributed by atoms with E-state index in [0.717, 1.165) is 5.56 Å².